The molecule has 3 N–H and O–H groups in total. The van der Waals surface area contributed by atoms with Crippen molar-refractivity contribution in [3.8, 4) is 0 Å². The SMILES string of the molecule is CCCN1CCOC(C(NN)c2cc3ccccc3o2)C1. The fourth-order valence-electron chi connectivity index (χ4n) is 2.98. The highest BCUT2D eigenvalue weighted by atomic mass is 16.5. The van der Waals surface area contributed by atoms with Crippen LogP contribution < -0.4 is 11.3 Å². The van der Waals surface area contributed by atoms with Gasteiger partial charge in [0.05, 0.1) is 12.7 Å². The summed E-state index contributed by atoms with van der Waals surface area (Å²) in [5, 5.41) is 1.09. The van der Waals surface area contributed by atoms with Crippen LogP contribution in [0.2, 0.25) is 0 Å². The standard InChI is InChI=1S/C16H23N3O2/c1-2-7-19-8-9-20-15(11-19)16(18-17)14-10-12-5-3-4-6-13(12)21-14/h3-6,10,15-16,18H,2,7-9,11,17H2,1H3. The van der Waals surface area contributed by atoms with Gasteiger partial charge in [-0.1, -0.05) is 25.1 Å². The van der Waals surface area contributed by atoms with Crippen LogP contribution in [0.4, 0.5) is 0 Å². The van der Waals surface area contributed by atoms with Gasteiger partial charge in [-0.05, 0) is 25.1 Å². The van der Waals surface area contributed by atoms with Gasteiger partial charge in [-0.25, -0.2) is 5.43 Å². The maximum absolute atomic E-state index is 5.93. The number of ether oxygens (including phenoxy) is 1. The van der Waals surface area contributed by atoms with E-state index in [1.807, 2.05) is 30.3 Å². The van der Waals surface area contributed by atoms with E-state index in [0.29, 0.717) is 0 Å². The molecule has 1 fully saturated rings. The Morgan fingerprint density at radius 3 is 3.05 bits per heavy atom. The number of fused-ring (bicyclic) bond motifs is 1. The number of nitrogens with one attached hydrogen (secondary N) is 1. The molecule has 0 bridgehead atoms. The lowest BCUT2D eigenvalue weighted by Crippen LogP contribution is -2.49. The van der Waals surface area contributed by atoms with E-state index in [1.165, 1.54) is 0 Å². The molecule has 1 aromatic carbocycles. The molecule has 2 heterocycles. The molecular formula is C16H23N3O2. The van der Waals surface area contributed by atoms with Gasteiger partial charge in [-0.3, -0.25) is 10.7 Å². The number of morpholine rings is 1. The third-order valence-corrected chi connectivity index (χ3v) is 4.02. The lowest BCUT2D eigenvalue weighted by Gasteiger charge is -2.35. The van der Waals surface area contributed by atoms with Crippen molar-refractivity contribution in [1.82, 2.24) is 10.3 Å². The molecule has 1 saturated heterocycles. The van der Waals surface area contributed by atoms with Gasteiger partial charge in [-0.15, -0.1) is 0 Å². The minimum Gasteiger partial charge on any atom is -0.459 e. The maximum Gasteiger partial charge on any atom is 0.134 e. The van der Waals surface area contributed by atoms with Crippen molar-refractivity contribution in [1.29, 1.82) is 0 Å². The number of rotatable bonds is 5. The van der Waals surface area contributed by atoms with Gasteiger partial charge in [0.1, 0.15) is 17.4 Å². The van der Waals surface area contributed by atoms with E-state index < -0.39 is 0 Å². The Hall–Kier alpha value is -1.40. The molecule has 5 nitrogen and oxygen atoms in total. The van der Waals surface area contributed by atoms with Crippen molar-refractivity contribution in [3.63, 3.8) is 0 Å². The van der Waals surface area contributed by atoms with Gasteiger partial charge in [0.15, 0.2) is 0 Å². The summed E-state index contributed by atoms with van der Waals surface area (Å²) in [6, 6.07) is 9.91. The zero-order valence-electron chi connectivity index (χ0n) is 12.4. The molecule has 2 atom stereocenters. The van der Waals surface area contributed by atoms with Gasteiger partial charge in [0.25, 0.3) is 0 Å². The van der Waals surface area contributed by atoms with Gasteiger partial charge < -0.3 is 9.15 Å². The molecule has 1 aromatic heterocycles. The number of furan rings is 1. The number of para-hydroxylation sites is 1. The Morgan fingerprint density at radius 1 is 1.43 bits per heavy atom. The molecule has 1 aliphatic rings. The molecule has 0 saturated carbocycles. The molecule has 0 radical (unpaired) electrons. The molecule has 0 amide bonds. The summed E-state index contributed by atoms with van der Waals surface area (Å²) >= 11 is 0. The van der Waals surface area contributed by atoms with Crippen LogP contribution in [0.15, 0.2) is 34.7 Å². The first-order valence-electron chi connectivity index (χ1n) is 7.60. The molecule has 5 heteroatoms. The highest BCUT2D eigenvalue weighted by Gasteiger charge is 2.30. The minimum absolute atomic E-state index is 0.0101. The number of hydrogen-bond acceptors (Lipinski definition) is 5. The molecule has 21 heavy (non-hydrogen) atoms. The van der Waals surface area contributed by atoms with Crippen molar-refractivity contribution < 1.29 is 9.15 Å². The molecule has 3 rings (SSSR count). The minimum atomic E-state index is -0.128. The highest BCUT2D eigenvalue weighted by Crippen LogP contribution is 2.27. The van der Waals surface area contributed by atoms with E-state index >= 15 is 0 Å². The Balaban J connectivity index is 1.80. The molecular weight excluding hydrogens is 266 g/mol. The molecule has 114 valence electrons. The zero-order valence-corrected chi connectivity index (χ0v) is 12.4. The van der Waals surface area contributed by atoms with Crippen LogP contribution >= 0.6 is 0 Å². The molecule has 2 aromatic rings. The first kappa shape index (κ1) is 14.5. The summed E-state index contributed by atoms with van der Waals surface area (Å²) in [6.45, 7) is 5.89. The van der Waals surface area contributed by atoms with E-state index in [2.05, 4.69) is 17.2 Å². The Morgan fingerprint density at radius 2 is 2.29 bits per heavy atom. The Kier molecular flexibility index (Phi) is 4.55. The van der Waals surface area contributed by atoms with Crippen LogP contribution in [0.1, 0.15) is 25.1 Å². The van der Waals surface area contributed by atoms with Gasteiger partial charge in [0.2, 0.25) is 0 Å². The van der Waals surface area contributed by atoms with E-state index in [-0.39, 0.29) is 12.1 Å². The predicted octanol–water partition coefficient (Wildman–Crippen LogP) is 2.05. The summed E-state index contributed by atoms with van der Waals surface area (Å²) in [7, 11) is 0. The van der Waals surface area contributed by atoms with Gasteiger partial charge >= 0.3 is 0 Å². The van der Waals surface area contributed by atoms with Gasteiger partial charge in [0, 0.05) is 18.5 Å². The van der Waals surface area contributed by atoms with Crippen LogP contribution in [-0.2, 0) is 4.74 Å². The van der Waals surface area contributed by atoms with Crippen molar-refractivity contribution in [2.75, 3.05) is 26.2 Å². The van der Waals surface area contributed by atoms with Crippen LogP contribution in [0, 0.1) is 0 Å². The number of nitrogens with two attached hydrogens (primary N) is 1. The largest absolute Gasteiger partial charge is 0.459 e. The van der Waals surface area contributed by atoms with E-state index in [1.54, 1.807) is 0 Å². The van der Waals surface area contributed by atoms with Crippen molar-refractivity contribution in [2.45, 2.75) is 25.5 Å². The first-order valence-corrected chi connectivity index (χ1v) is 7.60. The van der Waals surface area contributed by atoms with Crippen LogP contribution in [0.3, 0.4) is 0 Å². The molecule has 0 spiro atoms. The molecule has 1 aliphatic heterocycles. The third kappa shape index (κ3) is 3.11. The summed E-state index contributed by atoms with van der Waals surface area (Å²) in [6.07, 6.45) is 1.16. The summed E-state index contributed by atoms with van der Waals surface area (Å²) in [5.41, 5.74) is 3.75. The van der Waals surface area contributed by atoms with Crippen LogP contribution in [0.25, 0.3) is 11.0 Å². The van der Waals surface area contributed by atoms with E-state index in [0.717, 1.165) is 49.4 Å². The second-order valence-corrected chi connectivity index (χ2v) is 5.54. The van der Waals surface area contributed by atoms with Gasteiger partial charge in [-0.2, -0.15) is 0 Å². The van der Waals surface area contributed by atoms with Crippen LogP contribution in [0.5, 0.6) is 0 Å². The topological polar surface area (TPSA) is 63.7 Å². The van der Waals surface area contributed by atoms with Crippen molar-refractivity contribution >= 4 is 11.0 Å². The number of benzene rings is 1. The second kappa shape index (κ2) is 6.58. The van der Waals surface area contributed by atoms with Crippen molar-refractivity contribution in [3.05, 3.63) is 36.1 Å². The summed E-state index contributed by atoms with van der Waals surface area (Å²) < 4.78 is 11.8. The normalized spacial score (nSPS) is 21.7. The third-order valence-electron chi connectivity index (χ3n) is 4.02. The Bertz CT molecular complexity index is 549. The molecule has 0 aliphatic carbocycles. The second-order valence-electron chi connectivity index (χ2n) is 5.54. The Labute approximate surface area is 125 Å². The number of hydrogen-bond donors (Lipinski definition) is 2. The zero-order chi connectivity index (χ0) is 14.7. The fraction of sp³-hybridized carbons (Fsp3) is 0.500. The summed E-state index contributed by atoms with van der Waals surface area (Å²) in [4.78, 5) is 2.42. The van der Waals surface area contributed by atoms with Crippen molar-refractivity contribution in [2.24, 2.45) is 5.84 Å². The number of hydrazine groups is 1. The highest BCUT2D eigenvalue weighted by molar-refractivity contribution is 5.77. The van der Waals surface area contributed by atoms with Crippen LogP contribution in [-0.4, -0.2) is 37.2 Å². The lowest BCUT2D eigenvalue weighted by atomic mass is 10.1. The molecule has 2 unspecified atom stereocenters. The van der Waals surface area contributed by atoms with E-state index in [9.17, 15) is 0 Å². The summed E-state index contributed by atoms with van der Waals surface area (Å²) in [5.74, 6) is 6.60. The fourth-order valence-corrected chi connectivity index (χ4v) is 2.98. The average molecular weight is 289 g/mol. The lowest BCUT2D eigenvalue weighted by molar-refractivity contribution is -0.0501. The smallest absolute Gasteiger partial charge is 0.134 e. The number of nitrogens with zero attached hydrogens (tertiary/aromatic N) is 1. The first-order chi connectivity index (χ1) is 10.3. The average Bonchev–Trinajstić information content (AvgIpc) is 2.92. The predicted molar refractivity (Wildman–Crippen MR) is 82.7 cm³/mol. The quantitative estimate of drug-likeness (QED) is 0.651. The van der Waals surface area contributed by atoms with E-state index in [4.69, 9.17) is 15.0 Å². The maximum atomic E-state index is 5.93. The monoisotopic (exact) mass is 289 g/mol.